The van der Waals surface area contributed by atoms with Crippen molar-refractivity contribution in [2.45, 2.75) is 6.42 Å². The maximum atomic E-state index is 13.4. The number of nitrogens with zero attached hydrogens (tertiary/aromatic N) is 1. The van der Waals surface area contributed by atoms with Crippen molar-refractivity contribution >= 4 is 11.6 Å². The van der Waals surface area contributed by atoms with Crippen molar-refractivity contribution in [3.05, 3.63) is 70.0 Å². The minimum atomic E-state index is -0.578. The van der Waals surface area contributed by atoms with E-state index in [0.29, 0.717) is 12.0 Å². The molecule has 0 aliphatic rings. The molecular weight excluding hydrogens is 303 g/mol. The molecule has 0 aliphatic carbocycles. The molecule has 2 aromatic carbocycles. The van der Waals surface area contributed by atoms with E-state index in [4.69, 9.17) is 4.74 Å². The second kappa shape index (κ2) is 7.88. The first-order valence-corrected chi connectivity index (χ1v) is 6.94. The lowest BCUT2D eigenvalue weighted by Gasteiger charge is -2.08. The standard InChI is InChI=1S/C16H15FN2O4/c17-13-6-2-1-5-12(13)9-10-18-16(20)11-23-15-8-4-3-7-14(15)19(21)22/h1-8H,9-11H2,(H,18,20). The summed E-state index contributed by atoms with van der Waals surface area (Å²) in [6, 6.07) is 12.1. The Labute approximate surface area is 132 Å². The number of carbonyl (C=O) groups excluding carboxylic acids is 1. The minimum Gasteiger partial charge on any atom is -0.477 e. The number of nitrogens with one attached hydrogen (secondary N) is 1. The molecule has 6 nitrogen and oxygen atoms in total. The number of carbonyl (C=O) groups is 1. The average Bonchev–Trinajstić information content (AvgIpc) is 2.55. The van der Waals surface area contributed by atoms with Crippen LogP contribution in [0.1, 0.15) is 5.56 Å². The molecule has 0 fully saturated rings. The van der Waals surface area contributed by atoms with E-state index in [1.165, 1.54) is 24.3 Å². The number of benzene rings is 2. The fraction of sp³-hybridized carbons (Fsp3) is 0.188. The molecule has 2 aromatic rings. The number of rotatable bonds is 7. The highest BCUT2D eigenvalue weighted by atomic mass is 19.1. The lowest BCUT2D eigenvalue weighted by Crippen LogP contribution is -2.30. The van der Waals surface area contributed by atoms with E-state index in [1.807, 2.05) is 0 Å². The Hall–Kier alpha value is -2.96. The van der Waals surface area contributed by atoms with Crippen molar-refractivity contribution in [3.63, 3.8) is 0 Å². The Morgan fingerprint density at radius 2 is 1.87 bits per heavy atom. The van der Waals surface area contributed by atoms with Crippen LogP contribution >= 0.6 is 0 Å². The zero-order valence-electron chi connectivity index (χ0n) is 12.2. The molecule has 0 heterocycles. The SMILES string of the molecule is O=C(COc1ccccc1[N+](=O)[O-])NCCc1ccccc1F. The molecule has 0 atom stereocenters. The maximum Gasteiger partial charge on any atom is 0.310 e. The second-order valence-corrected chi connectivity index (χ2v) is 4.70. The number of halogens is 1. The fourth-order valence-electron chi connectivity index (χ4n) is 1.96. The molecule has 0 saturated carbocycles. The van der Waals surface area contributed by atoms with Crippen LogP contribution in [0, 0.1) is 15.9 Å². The molecule has 1 amide bonds. The van der Waals surface area contributed by atoms with Crippen LogP contribution in [-0.4, -0.2) is 24.0 Å². The van der Waals surface area contributed by atoms with Crippen molar-refractivity contribution < 1.29 is 18.8 Å². The highest BCUT2D eigenvalue weighted by molar-refractivity contribution is 5.77. The molecular formula is C16H15FN2O4. The highest BCUT2D eigenvalue weighted by Gasteiger charge is 2.14. The van der Waals surface area contributed by atoms with Gasteiger partial charge in [-0.05, 0) is 24.1 Å². The first kappa shape index (κ1) is 16.4. The molecule has 7 heteroatoms. The molecule has 0 bridgehead atoms. The summed E-state index contributed by atoms with van der Waals surface area (Å²) in [6.07, 6.45) is 0.351. The van der Waals surface area contributed by atoms with E-state index in [1.54, 1.807) is 24.3 Å². The monoisotopic (exact) mass is 318 g/mol. The molecule has 0 aromatic heterocycles. The van der Waals surface area contributed by atoms with E-state index in [-0.39, 0.29) is 30.4 Å². The molecule has 120 valence electrons. The molecule has 2 rings (SSSR count). The lowest BCUT2D eigenvalue weighted by molar-refractivity contribution is -0.385. The largest absolute Gasteiger partial charge is 0.477 e. The molecule has 0 aliphatic heterocycles. The highest BCUT2D eigenvalue weighted by Crippen LogP contribution is 2.25. The lowest BCUT2D eigenvalue weighted by atomic mass is 10.1. The Kier molecular flexibility index (Phi) is 5.62. The summed E-state index contributed by atoms with van der Waals surface area (Å²) < 4.78 is 18.6. The minimum absolute atomic E-state index is 0.0294. The van der Waals surface area contributed by atoms with Crippen molar-refractivity contribution in [2.24, 2.45) is 0 Å². The predicted molar refractivity (Wildman–Crippen MR) is 81.7 cm³/mol. The average molecular weight is 318 g/mol. The van der Waals surface area contributed by atoms with Crippen molar-refractivity contribution in [1.29, 1.82) is 0 Å². The summed E-state index contributed by atoms with van der Waals surface area (Å²) >= 11 is 0. The topological polar surface area (TPSA) is 81.5 Å². The third-order valence-corrected chi connectivity index (χ3v) is 3.10. The van der Waals surface area contributed by atoms with Crippen molar-refractivity contribution in [1.82, 2.24) is 5.32 Å². The molecule has 0 radical (unpaired) electrons. The van der Waals surface area contributed by atoms with E-state index < -0.39 is 10.8 Å². The zero-order chi connectivity index (χ0) is 16.7. The predicted octanol–water partition coefficient (Wildman–Crippen LogP) is 2.47. The molecule has 1 N–H and O–H groups in total. The van der Waals surface area contributed by atoms with Crippen LogP contribution in [0.2, 0.25) is 0 Å². The van der Waals surface area contributed by atoms with Gasteiger partial charge in [-0.3, -0.25) is 14.9 Å². The van der Waals surface area contributed by atoms with Gasteiger partial charge in [0.1, 0.15) is 5.82 Å². The second-order valence-electron chi connectivity index (χ2n) is 4.70. The van der Waals surface area contributed by atoms with Gasteiger partial charge in [-0.25, -0.2) is 4.39 Å². The van der Waals surface area contributed by atoms with E-state index in [0.717, 1.165) is 0 Å². The fourth-order valence-corrected chi connectivity index (χ4v) is 1.96. The number of nitro benzene ring substituents is 1. The van der Waals surface area contributed by atoms with Gasteiger partial charge in [0.25, 0.3) is 5.91 Å². The van der Waals surface area contributed by atoms with Gasteiger partial charge in [0.2, 0.25) is 0 Å². The third kappa shape index (κ3) is 4.77. The number of para-hydroxylation sites is 2. The quantitative estimate of drug-likeness (QED) is 0.628. The molecule has 0 unspecified atom stereocenters. The van der Waals surface area contributed by atoms with Gasteiger partial charge in [0.05, 0.1) is 4.92 Å². The summed E-state index contributed by atoms with van der Waals surface area (Å²) in [7, 11) is 0. The normalized spacial score (nSPS) is 10.1. The third-order valence-electron chi connectivity index (χ3n) is 3.10. The summed E-state index contributed by atoms with van der Waals surface area (Å²) in [4.78, 5) is 21.9. The summed E-state index contributed by atoms with van der Waals surface area (Å²) in [5.41, 5.74) is 0.305. The zero-order valence-corrected chi connectivity index (χ0v) is 12.2. The van der Waals surface area contributed by atoms with Gasteiger partial charge < -0.3 is 10.1 Å². The smallest absolute Gasteiger partial charge is 0.310 e. The Bertz CT molecular complexity index is 706. The maximum absolute atomic E-state index is 13.4. The molecule has 0 saturated heterocycles. The molecule has 23 heavy (non-hydrogen) atoms. The summed E-state index contributed by atoms with van der Waals surface area (Å²) in [6.45, 7) is -0.0951. The Morgan fingerprint density at radius 1 is 1.17 bits per heavy atom. The van der Waals surface area contributed by atoms with Crippen LogP contribution in [0.3, 0.4) is 0 Å². The van der Waals surface area contributed by atoms with Gasteiger partial charge in [-0.1, -0.05) is 30.3 Å². The number of hydrogen-bond acceptors (Lipinski definition) is 4. The van der Waals surface area contributed by atoms with E-state index >= 15 is 0 Å². The van der Waals surface area contributed by atoms with E-state index in [9.17, 15) is 19.3 Å². The van der Waals surface area contributed by atoms with Gasteiger partial charge >= 0.3 is 5.69 Å². The van der Waals surface area contributed by atoms with Crippen LogP contribution in [0.15, 0.2) is 48.5 Å². The van der Waals surface area contributed by atoms with Crippen LogP contribution < -0.4 is 10.1 Å². The van der Waals surface area contributed by atoms with Crippen LogP contribution in [0.4, 0.5) is 10.1 Å². The van der Waals surface area contributed by atoms with Gasteiger partial charge in [-0.2, -0.15) is 0 Å². The van der Waals surface area contributed by atoms with E-state index in [2.05, 4.69) is 5.32 Å². The summed E-state index contributed by atoms with van der Waals surface area (Å²) in [5, 5.41) is 13.4. The van der Waals surface area contributed by atoms with Gasteiger partial charge in [-0.15, -0.1) is 0 Å². The van der Waals surface area contributed by atoms with Gasteiger partial charge in [0, 0.05) is 12.6 Å². The first-order valence-electron chi connectivity index (χ1n) is 6.94. The van der Waals surface area contributed by atoms with Gasteiger partial charge in [0.15, 0.2) is 12.4 Å². The van der Waals surface area contributed by atoms with Crippen LogP contribution in [0.5, 0.6) is 5.75 Å². The Morgan fingerprint density at radius 3 is 2.61 bits per heavy atom. The number of ether oxygens (including phenoxy) is 1. The number of amides is 1. The number of hydrogen-bond donors (Lipinski definition) is 1. The van der Waals surface area contributed by atoms with Crippen LogP contribution in [0.25, 0.3) is 0 Å². The Balaban J connectivity index is 1.80. The summed E-state index contributed by atoms with van der Waals surface area (Å²) in [5.74, 6) is -0.723. The van der Waals surface area contributed by atoms with Crippen molar-refractivity contribution in [2.75, 3.05) is 13.2 Å². The molecule has 0 spiro atoms. The first-order chi connectivity index (χ1) is 11.1. The van der Waals surface area contributed by atoms with Crippen LogP contribution in [-0.2, 0) is 11.2 Å². The number of nitro groups is 1. The van der Waals surface area contributed by atoms with Crippen molar-refractivity contribution in [3.8, 4) is 5.75 Å².